The first-order valence-corrected chi connectivity index (χ1v) is 4.14. The number of carbonyl (C=O) groups is 1. The molecule has 0 aliphatic rings. The summed E-state index contributed by atoms with van der Waals surface area (Å²) in [6, 6.07) is -0.202. The van der Waals surface area contributed by atoms with E-state index < -0.39 is 6.10 Å². The van der Waals surface area contributed by atoms with E-state index in [2.05, 4.69) is 5.32 Å². The zero-order valence-electron chi connectivity index (χ0n) is 7.58. The van der Waals surface area contributed by atoms with Crippen LogP contribution in [0.15, 0.2) is 0 Å². The van der Waals surface area contributed by atoms with E-state index in [0.717, 1.165) is 0 Å². The maximum Gasteiger partial charge on any atom is 0.220 e. The van der Waals surface area contributed by atoms with Gasteiger partial charge in [0, 0.05) is 12.5 Å². The molecule has 4 heteroatoms. The SMILES string of the molecule is CC(O)CCC(=O)N[C@@H](C)CO. The first kappa shape index (κ1) is 11.4. The zero-order valence-corrected chi connectivity index (χ0v) is 7.58. The zero-order chi connectivity index (χ0) is 9.56. The largest absolute Gasteiger partial charge is 0.394 e. The summed E-state index contributed by atoms with van der Waals surface area (Å²) in [6.07, 6.45) is 0.326. The van der Waals surface area contributed by atoms with E-state index in [1.54, 1.807) is 13.8 Å². The van der Waals surface area contributed by atoms with Gasteiger partial charge in [-0.15, -0.1) is 0 Å². The first-order valence-electron chi connectivity index (χ1n) is 4.14. The van der Waals surface area contributed by atoms with Crippen molar-refractivity contribution in [1.29, 1.82) is 0 Å². The van der Waals surface area contributed by atoms with E-state index in [1.165, 1.54) is 0 Å². The number of hydrogen-bond acceptors (Lipinski definition) is 3. The van der Waals surface area contributed by atoms with E-state index in [9.17, 15) is 4.79 Å². The molecule has 0 spiro atoms. The topological polar surface area (TPSA) is 69.6 Å². The molecule has 0 saturated heterocycles. The number of hydrogen-bond donors (Lipinski definition) is 3. The van der Waals surface area contributed by atoms with Crippen LogP contribution in [0.2, 0.25) is 0 Å². The molecule has 0 rings (SSSR count). The van der Waals surface area contributed by atoms with Gasteiger partial charge in [-0.2, -0.15) is 0 Å². The highest BCUT2D eigenvalue weighted by Crippen LogP contribution is 1.95. The Morgan fingerprint density at radius 2 is 2.08 bits per heavy atom. The van der Waals surface area contributed by atoms with Crippen molar-refractivity contribution in [2.24, 2.45) is 0 Å². The molecule has 1 amide bonds. The lowest BCUT2D eigenvalue weighted by Gasteiger charge is -2.10. The molecule has 3 N–H and O–H groups in total. The summed E-state index contributed by atoms with van der Waals surface area (Å²) in [5.41, 5.74) is 0. The molecule has 72 valence electrons. The van der Waals surface area contributed by atoms with Crippen molar-refractivity contribution in [2.45, 2.75) is 38.8 Å². The molecule has 0 heterocycles. The Bertz CT molecular complexity index is 136. The van der Waals surface area contributed by atoms with Crippen LogP contribution in [0.1, 0.15) is 26.7 Å². The Hall–Kier alpha value is -0.610. The van der Waals surface area contributed by atoms with E-state index in [-0.39, 0.29) is 18.6 Å². The molecule has 0 radical (unpaired) electrons. The van der Waals surface area contributed by atoms with Gasteiger partial charge in [0.25, 0.3) is 0 Å². The molecular weight excluding hydrogens is 158 g/mol. The summed E-state index contributed by atoms with van der Waals surface area (Å²) in [7, 11) is 0. The number of nitrogens with one attached hydrogen (secondary N) is 1. The monoisotopic (exact) mass is 175 g/mol. The number of aliphatic hydroxyl groups excluding tert-OH is 2. The molecule has 0 bridgehead atoms. The van der Waals surface area contributed by atoms with Crippen molar-refractivity contribution in [3.05, 3.63) is 0 Å². The second kappa shape index (κ2) is 5.97. The summed E-state index contributed by atoms with van der Waals surface area (Å²) < 4.78 is 0. The van der Waals surface area contributed by atoms with Crippen molar-refractivity contribution in [3.8, 4) is 0 Å². The van der Waals surface area contributed by atoms with Gasteiger partial charge in [0.05, 0.1) is 12.7 Å². The van der Waals surface area contributed by atoms with Gasteiger partial charge in [-0.3, -0.25) is 4.79 Å². The minimum atomic E-state index is -0.444. The van der Waals surface area contributed by atoms with Gasteiger partial charge in [0.1, 0.15) is 0 Å². The van der Waals surface area contributed by atoms with E-state index in [1.807, 2.05) is 0 Å². The van der Waals surface area contributed by atoms with E-state index >= 15 is 0 Å². The van der Waals surface area contributed by atoms with Gasteiger partial charge in [-0.25, -0.2) is 0 Å². The van der Waals surface area contributed by atoms with Crippen LogP contribution in [-0.4, -0.2) is 34.9 Å². The third-order valence-corrected chi connectivity index (χ3v) is 1.47. The van der Waals surface area contributed by atoms with Gasteiger partial charge < -0.3 is 15.5 Å². The molecule has 12 heavy (non-hydrogen) atoms. The molecule has 4 nitrogen and oxygen atoms in total. The Labute approximate surface area is 72.6 Å². The van der Waals surface area contributed by atoms with Crippen molar-refractivity contribution in [3.63, 3.8) is 0 Å². The smallest absolute Gasteiger partial charge is 0.220 e. The fourth-order valence-electron chi connectivity index (χ4n) is 0.733. The lowest BCUT2D eigenvalue weighted by atomic mass is 10.2. The maximum atomic E-state index is 11.0. The standard InChI is InChI=1S/C8H17NO3/c1-6(5-10)9-8(12)4-3-7(2)11/h6-7,10-11H,3-5H2,1-2H3,(H,9,12)/t6-,7?/m0/s1. The normalized spacial score (nSPS) is 15.3. The van der Waals surface area contributed by atoms with E-state index in [0.29, 0.717) is 12.8 Å². The number of rotatable bonds is 5. The van der Waals surface area contributed by atoms with Crippen LogP contribution in [0.25, 0.3) is 0 Å². The summed E-state index contributed by atoms with van der Waals surface area (Å²) >= 11 is 0. The maximum absolute atomic E-state index is 11.0. The van der Waals surface area contributed by atoms with Crippen LogP contribution in [0.5, 0.6) is 0 Å². The minimum absolute atomic E-state index is 0.0551. The summed E-state index contributed by atoms with van der Waals surface area (Å²) in [6.45, 7) is 3.31. The molecule has 0 aliphatic heterocycles. The van der Waals surface area contributed by atoms with Gasteiger partial charge in [0.15, 0.2) is 0 Å². The van der Waals surface area contributed by atoms with Gasteiger partial charge >= 0.3 is 0 Å². The molecule has 0 aromatic rings. The third kappa shape index (κ3) is 6.12. The van der Waals surface area contributed by atoms with Crippen LogP contribution >= 0.6 is 0 Å². The highest BCUT2D eigenvalue weighted by atomic mass is 16.3. The molecule has 1 unspecified atom stereocenters. The fourth-order valence-corrected chi connectivity index (χ4v) is 0.733. The number of aliphatic hydroxyl groups is 2. The fraction of sp³-hybridized carbons (Fsp3) is 0.875. The average Bonchev–Trinajstić information content (AvgIpc) is 2.00. The van der Waals surface area contributed by atoms with Crippen molar-refractivity contribution >= 4 is 5.91 Å². The van der Waals surface area contributed by atoms with Gasteiger partial charge in [0.2, 0.25) is 5.91 Å². The highest BCUT2D eigenvalue weighted by molar-refractivity contribution is 5.76. The van der Waals surface area contributed by atoms with Crippen LogP contribution in [-0.2, 0) is 4.79 Å². The lowest BCUT2D eigenvalue weighted by molar-refractivity contribution is -0.122. The predicted molar refractivity (Wildman–Crippen MR) is 45.6 cm³/mol. The molecule has 2 atom stereocenters. The summed E-state index contributed by atoms with van der Waals surface area (Å²) in [4.78, 5) is 11.0. The molecule has 0 fully saturated rings. The van der Waals surface area contributed by atoms with Crippen molar-refractivity contribution < 1.29 is 15.0 Å². The summed E-state index contributed by atoms with van der Waals surface area (Å²) in [5, 5.41) is 20.0. The Balaban J connectivity index is 3.46. The van der Waals surface area contributed by atoms with Crippen molar-refractivity contribution in [1.82, 2.24) is 5.32 Å². The second-order valence-electron chi connectivity index (χ2n) is 3.04. The quantitative estimate of drug-likeness (QED) is 0.534. The van der Waals surface area contributed by atoms with E-state index in [4.69, 9.17) is 10.2 Å². The Morgan fingerprint density at radius 3 is 2.50 bits per heavy atom. The third-order valence-electron chi connectivity index (χ3n) is 1.47. The van der Waals surface area contributed by atoms with Crippen LogP contribution in [0, 0.1) is 0 Å². The number of carbonyl (C=O) groups excluding carboxylic acids is 1. The molecule has 0 aliphatic carbocycles. The number of amides is 1. The first-order chi connectivity index (χ1) is 5.56. The lowest BCUT2D eigenvalue weighted by Crippen LogP contribution is -2.35. The second-order valence-corrected chi connectivity index (χ2v) is 3.04. The average molecular weight is 175 g/mol. The highest BCUT2D eigenvalue weighted by Gasteiger charge is 2.06. The Morgan fingerprint density at radius 1 is 1.50 bits per heavy atom. The van der Waals surface area contributed by atoms with Crippen LogP contribution in [0.4, 0.5) is 0 Å². The minimum Gasteiger partial charge on any atom is -0.394 e. The van der Waals surface area contributed by atoms with Crippen molar-refractivity contribution in [2.75, 3.05) is 6.61 Å². The molecule has 0 aromatic carbocycles. The molecular formula is C8H17NO3. The van der Waals surface area contributed by atoms with Gasteiger partial charge in [-0.1, -0.05) is 0 Å². The summed E-state index contributed by atoms with van der Waals surface area (Å²) in [5.74, 6) is -0.127. The van der Waals surface area contributed by atoms with Crippen LogP contribution < -0.4 is 5.32 Å². The van der Waals surface area contributed by atoms with Gasteiger partial charge in [-0.05, 0) is 20.3 Å². The van der Waals surface area contributed by atoms with Crippen LogP contribution in [0.3, 0.4) is 0 Å². The molecule has 0 aromatic heterocycles. The molecule has 0 saturated carbocycles. The predicted octanol–water partition coefficient (Wildman–Crippen LogP) is -0.356. The Kier molecular flexibility index (Phi) is 5.66.